The van der Waals surface area contributed by atoms with Crippen LogP contribution in [0.1, 0.15) is 12.5 Å². The van der Waals surface area contributed by atoms with Crippen LogP contribution in [0, 0.1) is 0 Å². The van der Waals surface area contributed by atoms with Crippen LogP contribution in [0.5, 0.6) is 17.2 Å². The van der Waals surface area contributed by atoms with Crippen LogP contribution in [0.2, 0.25) is 0 Å². The molecule has 7 nitrogen and oxygen atoms in total. The lowest BCUT2D eigenvalue weighted by atomic mass is 10.2. The normalized spacial score (nSPS) is 10.9. The van der Waals surface area contributed by atoms with Crippen molar-refractivity contribution < 1.29 is 23.0 Å². The lowest BCUT2D eigenvalue weighted by Gasteiger charge is -2.17. The van der Waals surface area contributed by atoms with Gasteiger partial charge in [0.05, 0.1) is 19.3 Å². The highest BCUT2D eigenvalue weighted by Crippen LogP contribution is 2.32. The highest BCUT2D eigenvalue weighted by molar-refractivity contribution is 14.0. The summed E-state index contributed by atoms with van der Waals surface area (Å²) in [7, 11) is 1.62. The number of rotatable bonds is 10. The first-order chi connectivity index (χ1) is 13.6. The van der Waals surface area contributed by atoms with Crippen LogP contribution in [0.4, 0.5) is 8.78 Å². The molecule has 1 heterocycles. The number of alkyl halides is 2. The molecule has 1 aromatic carbocycles. The van der Waals surface area contributed by atoms with Gasteiger partial charge in [-0.25, -0.2) is 0 Å². The molecule has 0 bridgehead atoms. The van der Waals surface area contributed by atoms with Gasteiger partial charge in [0.25, 0.3) is 0 Å². The summed E-state index contributed by atoms with van der Waals surface area (Å²) < 4.78 is 41.1. The monoisotopic (exact) mass is 522 g/mol. The van der Waals surface area contributed by atoms with E-state index in [0.29, 0.717) is 37.0 Å². The van der Waals surface area contributed by atoms with E-state index in [-0.39, 0.29) is 42.0 Å². The second kappa shape index (κ2) is 13.7. The highest BCUT2D eigenvalue weighted by Gasteiger charge is 2.16. The smallest absolute Gasteiger partial charge is 0.387 e. The Bertz CT molecular complexity index is 751. The number of halogens is 3. The average Bonchev–Trinajstić information content (AvgIpc) is 2.70. The number of nitrogens with zero attached hydrogens (tertiary/aromatic N) is 2. The van der Waals surface area contributed by atoms with Crippen molar-refractivity contribution in [3.63, 3.8) is 0 Å². The van der Waals surface area contributed by atoms with Crippen molar-refractivity contribution in [1.29, 1.82) is 0 Å². The van der Waals surface area contributed by atoms with E-state index in [1.54, 1.807) is 50.6 Å². The predicted molar refractivity (Wildman–Crippen MR) is 118 cm³/mol. The van der Waals surface area contributed by atoms with Gasteiger partial charge in [0.15, 0.2) is 17.5 Å². The minimum Gasteiger partial charge on any atom is -0.490 e. The Morgan fingerprint density at radius 1 is 1.17 bits per heavy atom. The average molecular weight is 522 g/mol. The summed E-state index contributed by atoms with van der Waals surface area (Å²) in [5.74, 6) is 1.46. The van der Waals surface area contributed by atoms with Gasteiger partial charge < -0.3 is 24.8 Å². The van der Waals surface area contributed by atoms with Crippen LogP contribution in [0.3, 0.4) is 0 Å². The van der Waals surface area contributed by atoms with E-state index in [2.05, 4.69) is 25.3 Å². The lowest BCUT2D eigenvalue weighted by Crippen LogP contribution is -2.39. The number of aliphatic imine (C=N–C) groups is 1. The minimum atomic E-state index is -2.94. The Morgan fingerprint density at radius 3 is 2.66 bits per heavy atom. The van der Waals surface area contributed by atoms with E-state index in [1.165, 1.54) is 0 Å². The number of aromatic nitrogens is 1. The van der Waals surface area contributed by atoms with Crippen molar-refractivity contribution in [1.82, 2.24) is 15.6 Å². The lowest BCUT2D eigenvalue weighted by molar-refractivity contribution is -0.0520. The van der Waals surface area contributed by atoms with Gasteiger partial charge in [-0.1, -0.05) is 12.1 Å². The van der Waals surface area contributed by atoms with E-state index < -0.39 is 6.61 Å². The molecule has 0 spiro atoms. The molecule has 0 aliphatic heterocycles. The number of ether oxygens (including phenoxy) is 3. The fourth-order valence-electron chi connectivity index (χ4n) is 2.36. The zero-order chi connectivity index (χ0) is 20.2. The first-order valence-electron chi connectivity index (χ1n) is 8.80. The number of guanidine groups is 1. The van der Waals surface area contributed by atoms with Crippen LogP contribution in [0.25, 0.3) is 0 Å². The van der Waals surface area contributed by atoms with Crippen LogP contribution in [-0.4, -0.2) is 44.4 Å². The fourth-order valence-corrected chi connectivity index (χ4v) is 2.36. The van der Waals surface area contributed by atoms with Gasteiger partial charge in [0, 0.05) is 25.4 Å². The Balaban J connectivity index is 0.00000420. The molecular formula is C19H25F2IN4O3. The maximum Gasteiger partial charge on any atom is 0.387 e. The first-order valence-corrected chi connectivity index (χ1v) is 8.80. The maximum absolute atomic E-state index is 12.8. The molecule has 2 N–H and O–H groups in total. The predicted octanol–water partition coefficient (Wildman–Crippen LogP) is 3.44. The number of nitrogens with one attached hydrogen (secondary N) is 2. The number of pyridine rings is 1. The summed E-state index contributed by atoms with van der Waals surface area (Å²) in [6.07, 6.45) is 3.30. The third-order valence-corrected chi connectivity index (χ3v) is 3.53. The number of benzene rings is 1. The first kappa shape index (κ1) is 24.7. The third kappa shape index (κ3) is 8.67. The Labute approximate surface area is 185 Å². The summed E-state index contributed by atoms with van der Waals surface area (Å²) in [4.78, 5) is 8.07. The summed E-state index contributed by atoms with van der Waals surface area (Å²) in [5.41, 5.74) is 0.529. The van der Waals surface area contributed by atoms with Gasteiger partial charge in [0.2, 0.25) is 0 Å². The molecule has 0 fully saturated rings. The zero-order valence-electron chi connectivity index (χ0n) is 16.2. The van der Waals surface area contributed by atoms with Crippen molar-refractivity contribution in [3.05, 3.63) is 48.3 Å². The maximum atomic E-state index is 12.8. The quantitative estimate of drug-likeness (QED) is 0.216. The second-order valence-electron chi connectivity index (χ2n) is 5.45. The fraction of sp³-hybridized carbons (Fsp3) is 0.368. The van der Waals surface area contributed by atoms with Crippen LogP contribution in [0.15, 0.2) is 47.7 Å². The largest absolute Gasteiger partial charge is 0.490 e. The topological polar surface area (TPSA) is 77.0 Å². The molecule has 2 aromatic rings. The summed E-state index contributed by atoms with van der Waals surface area (Å²) in [5, 5.41) is 6.14. The Kier molecular flexibility index (Phi) is 11.7. The molecule has 160 valence electrons. The molecule has 29 heavy (non-hydrogen) atoms. The van der Waals surface area contributed by atoms with E-state index >= 15 is 0 Å². The van der Waals surface area contributed by atoms with Gasteiger partial charge in [0.1, 0.15) is 12.4 Å². The molecule has 10 heteroatoms. The number of hydrogen-bond acceptors (Lipinski definition) is 5. The molecule has 0 atom stereocenters. The third-order valence-electron chi connectivity index (χ3n) is 3.53. The SMILES string of the molecule is CCOc1cccc(CNC(=NC)NCCOc2cccnc2)c1OC(F)F.I. The van der Waals surface area contributed by atoms with Crippen molar-refractivity contribution in [2.24, 2.45) is 4.99 Å². The van der Waals surface area contributed by atoms with E-state index in [0.717, 1.165) is 0 Å². The minimum absolute atomic E-state index is 0. The summed E-state index contributed by atoms with van der Waals surface area (Å²) >= 11 is 0. The molecular weight excluding hydrogens is 497 g/mol. The Hall–Kier alpha value is -2.37. The van der Waals surface area contributed by atoms with Crippen LogP contribution < -0.4 is 24.8 Å². The van der Waals surface area contributed by atoms with Gasteiger partial charge >= 0.3 is 6.61 Å². The summed E-state index contributed by atoms with van der Waals surface area (Å²) in [6, 6.07) is 8.60. The molecule has 0 radical (unpaired) electrons. The van der Waals surface area contributed by atoms with E-state index in [4.69, 9.17) is 9.47 Å². The van der Waals surface area contributed by atoms with Crippen molar-refractivity contribution in [3.8, 4) is 17.2 Å². The van der Waals surface area contributed by atoms with Gasteiger partial charge in [-0.3, -0.25) is 9.98 Å². The molecule has 0 amide bonds. The summed E-state index contributed by atoms with van der Waals surface area (Å²) in [6.45, 7) is 0.307. The number of para-hydroxylation sites is 1. The van der Waals surface area contributed by atoms with Crippen LogP contribution >= 0.6 is 24.0 Å². The van der Waals surface area contributed by atoms with E-state index in [9.17, 15) is 8.78 Å². The molecule has 0 saturated carbocycles. The van der Waals surface area contributed by atoms with Crippen molar-refractivity contribution in [2.45, 2.75) is 20.1 Å². The van der Waals surface area contributed by atoms with Gasteiger partial charge in [-0.2, -0.15) is 8.78 Å². The van der Waals surface area contributed by atoms with Crippen molar-refractivity contribution in [2.75, 3.05) is 26.8 Å². The molecule has 1 aromatic heterocycles. The second-order valence-corrected chi connectivity index (χ2v) is 5.45. The molecule has 0 aliphatic carbocycles. The van der Waals surface area contributed by atoms with Gasteiger partial charge in [-0.05, 0) is 25.1 Å². The molecule has 0 aliphatic rings. The molecule has 0 unspecified atom stereocenters. The zero-order valence-corrected chi connectivity index (χ0v) is 18.6. The van der Waals surface area contributed by atoms with E-state index in [1.807, 2.05) is 6.07 Å². The van der Waals surface area contributed by atoms with Crippen molar-refractivity contribution >= 4 is 29.9 Å². The van der Waals surface area contributed by atoms with Gasteiger partial charge in [-0.15, -0.1) is 24.0 Å². The number of hydrogen-bond donors (Lipinski definition) is 2. The molecule has 2 rings (SSSR count). The van der Waals surface area contributed by atoms with Crippen LogP contribution in [-0.2, 0) is 6.54 Å². The Morgan fingerprint density at radius 2 is 2.00 bits per heavy atom. The standard InChI is InChI=1S/C19H24F2N4O3.HI/c1-3-26-16-8-4-6-14(17(16)28-18(20)21)12-25-19(22-2)24-10-11-27-15-7-5-9-23-13-15;/h4-9,13,18H,3,10-12H2,1-2H3,(H2,22,24,25);1H. The highest BCUT2D eigenvalue weighted by atomic mass is 127. The molecule has 0 saturated heterocycles.